The summed E-state index contributed by atoms with van der Waals surface area (Å²) in [5.74, 6) is 0.893. The van der Waals surface area contributed by atoms with Crippen molar-refractivity contribution in [2.75, 3.05) is 5.73 Å². The van der Waals surface area contributed by atoms with Gasteiger partial charge in [0, 0.05) is 11.1 Å². The molecule has 4 rings (SSSR count). The fourth-order valence-electron chi connectivity index (χ4n) is 2.49. The standard InChI is InChI=1S/C15H13ClN4/c16-9-1-6-14-13(7-9)19-15(20(14)11-3-4-11)12-5-2-10(17)8-18-12/h1-2,5-8,11H,3-4,17H2. The minimum Gasteiger partial charge on any atom is -0.397 e. The number of nitrogen functional groups attached to an aromatic ring is 1. The Labute approximate surface area is 121 Å². The molecule has 2 N–H and O–H groups in total. The third kappa shape index (κ3) is 1.84. The molecule has 100 valence electrons. The Morgan fingerprint density at radius 3 is 2.75 bits per heavy atom. The average Bonchev–Trinajstić information content (AvgIpc) is 3.20. The maximum absolute atomic E-state index is 6.06. The zero-order valence-electron chi connectivity index (χ0n) is 10.8. The summed E-state index contributed by atoms with van der Waals surface area (Å²) in [4.78, 5) is 9.11. The minimum absolute atomic E-state index is 0.524. The van der Waals surface area contributed by atoms with Crippen molar-refractivity contribution in [1.29, 1.82) is 0 Å². The van der Waals surface area contributed by atoms with Gasteiger partial charge in [0.15, 0.2) is 5.82 Å². The molecule has 0 bridgehead atoms. The van der Waals surface area contributed by atoms with Crippen LogP contribution in [0.4, 0.5) is 5.69 Å². The first kappa shape index (κ1) is 11.7. The van der Waals surface area contributed by atoms with Crippen LogP contribution in [0.25, 0.3) is 22.6 Å². The lowest BCUT2D eigenvalue weighted by Gasteiger charge is -2.07. The second-order valence-corrected chi connectivity index (χ2v) is 5.58. The van der Waals surface area contributed by atoms with E-state index in [1.165, 1.54) is 12.8 Å². The maximum atomic E-state index is 6.06. The Morgan fingerprint density at radius 1 is 1.20 bits per heavy atom. The van der Waals surface area contributed by atoms with Crippen molar-refractivity contribution < 1.29 is 0 Å². The molecule has 4 nitrogen and oxygen atoms in total. The first-order valence-electron chi connectivity index (χ1n) is 6.62. The second-order valence-electron chi connectivity index (χ2n) is 5.15. The first-order valence-corrected chi connectivity index (χ1v) is 6.99. The third-order valence-electron chi connectivity index (χ3n) is 3.58. The van der Waals surface area contributed by atoms with Gasteiger partial charge in [-0.1, -0.05) is 11.6 Å². The smallest absolute Gasteiger partial charge is 0.160 e. The number of pyridine rings is 1. The molecule has 5 heteroatoms. The molecule has 0 radical (unpaired) electrons. The van der Waals surface area contributed by atoms with Crippen LogP contribution in [-0.2, 0) is 0 Å². The van der Waals surface area contributed by atoms with Gasteiger partial charge in [0.1, 0.15) is 5.69 Å². The van der Waals surface area contributed by atoms with Crippen LogP contribution in [0.1, 0.15) is 18.9 Å². The molecule has 20 heavy (non-hydrogen) atoms. The van der Waals surface area contributed by atoms with Crippen molar-refractivity contribution in [3.8, 4) is 11.5 Å². The summed E-state index contributed by atoms with van der Waals surface area (Å²) in [6, 6.07) is 10.1. The molecule has 3 aromatic rings. The van der Waals surface area contributed by atoms with Crippen LogP contribution in [0.2, 0.25) is 5.02 Å². The number of imidazole rings is 1. The quantitative estimate of drug-likeness (QED) is 0.781. The molecule has 1 aliphatic carbocycles. The SMILES string of the molecule is Nc1ccc(-c2nc3cc(Cl)ccc3n2C2CC2)nc1. The summed E-state index contributed by atoms with van der Waals surface area (Å²) in [7, 11) is 0. The fourth-order valence-corrected chi connectivity index (χ4v) is 2.66. The number of nitrogens with zero attached hydrogens (tertiary/aromatic N) is 3. The van der Waals surface area contributed by atoms with E-state index in [-0.39, 0.29) is 0 Å². The number of halogens is 1. The van der Waals surface area contributed by atoms with Gasteiger partial charge in [0.25, 0.3) is 0 Å². The summed E-state index contributed by atoms with van der Waals surface area (Å²) < 4.78 is 2.27. The van der Waals surface area contributed by atoms with E-state index in [1.807, 2.05) is 30.3 Å². The van der Waals surface area contributed by atoms with Crippen molar-refractivity contribution in [2.45, 2.75) is 18.9 Å². The van der Waals surface area contributed by atoms with E-state index < -0.39 is 0 Å². The van der Waals surface area contributed by atoms with Crippen LogP contribution in [-0.4, -0.2) is 14.5 Å². The van der Waals surface area contributed by atoms with Crippen LogP contribution in [0, 0.1) is 0 Å². The van der Waals surface area contributed by atoms with Crippen LogP contribution < -0.4 is 5.73 Å². The van der Waals surface area contributed by atoms with Gasteiger partial charge >= 0.3 is 0 Å². The number of fused-ring (bicyclic) bond motifs is 1. The highest BCUT2D eigenvalue weighted by atomic mass is 35.5. The number of nitrogens with two attached hydrogens (primary N) is 1. The Morgan fingerprint density at radius 2 is 2.05 bits per heavy atom. The highest BCUT2D eigenvalue weighted by Gasteiger charge is 2.29. The second kappa shape index (κ2) is 4.21. The Kier molecular flexibility index (Phi) is 2.47. The van der Waals surface area contributed by atoms with Crippen LogP contribution in [0.5, 0.6) is 0 Å². The highest BCUT2D eigenvalue weighted by Crippen LogP contribution is 2.41. The molecule has 1 saturated carbocycles. The van der Waals surface area contributed by atoms with E-state index in [2.05, 4.69) is 9.55 Å². The van der Waals surface area contributed by atoms with E-state index >= 15 is 0 Å². The van der Waals surface area contributed by atoms with E-state index in [0.717, 1.165) is 22.6 Å². The van der Waals surface area contributed by atoms with Crippen LogP contribution in [0.3, 0.4) is 0 Å². The number of anilines is 1. The molecule has 1 aliphatic rings. The normalized spacial score (nSPS) is 14.8. The van der Waals surface area contributed by atoms with Gasteiger partial charge in [-0.25, -0.2) is 4.98 Å². The van der Waals surface area contributed by atoms with Crippen molar-refractivity contribution in [3.05, 3.63) is 41.6 Å². The highest BCUT2D eigenvalue weighted by molar-refractivity contribution is 6.31. The molecule has 0 aliphatic heterocycles. The third-order valence-corrected chi connectivity index (χ3v) is 3.81. The molecule has 2 heterocycles. The van der Waals surface area contributed by atoms with Crippen molar-refractivity contribution in [2.24, 2.45) is 0 Å². The lowest BCUT2D eigenvalue weighted by Crippen LogP contribution is -1.99. The van der Waals surface area contributed by atoms with Crippen molar-refractivity contribution in [3.63, 3.8) is 0 Å². The van der Waals surface area contributed by atoms with E-state index in [9.17, 15) is 0 Å². The first-order chi connectivity index (χ1) is 9.72. The number of aromatic nitrogens is 3. The van der Waals surface area contributed by atoms with Gasteiger partial charge in [0.2, 0.25) is 0 Å². The van der Waals surface area contributed by atoms with Gasteiger partial charge in [-0.15, -0.1) is 0 Å². The molecule has 1 fully saturated rings. The zero-order chi connectivity index (χ0) is 13.7. The van der Waals surface area contributed by atoms with Crippen LogP contribution in [0.15, 0.2) is 36.5 Å². The summed E-state index contributed by atoms with van der Waals surface area (Å²) in [6.07, 6.45) is 4.05. The Bertz CT molecular complexity index is 787. The van der Waals surface area contributed by atoms with Crippen molar-refractivity contribution >= 4 is 28.3 Å². The molecule has 0 saturated heterocycles. The minimum atomic E-state index is 0.524. The van der Waals surface area contributed by atoms with E-state index in [0.29, 0.717) is 16.8 Å². The maximum Gasteiger partial charge on any atom is 0.160 e. The topological polar surface area (TPSA) is 56.7 Å². The number of benzene rings is 1. The lowest BCUT2D eigenvalue weighted by atomic mass is 10.3. The molecule has 2 aromatic heterocycles. The predicted molar refractivity (Wildman–Crippen MR) is 80.7 cm³/mol. The average molecular weight is 285 g/mol. The summed E-state index contributed by atoms with van der Waals surface area (Å²) in [5.41, 5.74) is 9.24. The van der Waals surface area contributed by atoms with Gasteiger partial charge in [-0.05, 0) is 43.2 Å². The molecule has 1 aromatic carbocycles. The summed E-state index contributed by atoms with van der Waals surface area (Å²) in [5, 5.41) is 0.703. The molecule has 0 spiro atoms. The summed E-state index contributed by atoms with van der Waals surface area (Å²) in [6.45, 7) is 0. The Balaban J connectivity index is 1.97. The van der Waals surface area contributed by atoms with Gasteiger partial charge in [0.05, 0.1) is 22.9 Å². The predicted octanol–water partition coefficient (Wildman–Crippen LogP) is 3.67. The molecule has 0 amide bonds. The molecular weight excluding hydrogens is 272 g/mol. The van der Waals surface area contributed by atoms with Gasteiger partial charge in [-0.2, -0.15) is 0 Å². The fraction of sp³-hybridized carbons (Fsp3) is 0.200. The van der Waals surface area contributed by atoms with Crippen molar-refractivity contribution in [1.82, 2.24) is 14.5 Å². The molecular formula is C15H13ClN4. The van der Waals surface area contributed by atoms with E-state index in [1.54, 1.807) is 6.20 Å². The zero-order valence-corrected chi connectivity index (χ0v) is 11.5. The number of hydrogen-bond acceptors (Lipinski definition) is 3. The summed E-state index contributed by atoms with van der Waals surface area (Å²) >= 11 is 6.06. The Hall–Kier alpha value is -2.07. The molecule has 0 atom stereocenters. The lowest BCUT2D eigenvalue weighted by molar-refractivity contribution is 0.772. The van der Waals surface area contributed by atoms with E-state index in [4.69, 9.17) is 22.3 Å². The van der Waals surface area contributed by atoms with Crippen LogP contribution >= 0.6 is 11.6 Å². The monoisotopic (exact) mass is 284 g/mol. The number of rotatable bonds is 2. The largest absolute Gasteiger partial charge is 0.397 e. The molecule has 0 unspecified atom stereocenters. The number of hydrogen-bond donors (Lipinski definition) is 1. The van der Waals surface area contributed by atoms with Gasteiger partial charge in [-0.3, -0.25) is 4.98 Å². The van der Waals surface area contributed by atoms with Gasteiger partial charge < -0.3 is 10.3 Å².